The van der Waals surface area contributed by atoms with E-state index in [0.29, 0.717) is 5.69 Å². The monoisotopic (exact) mass is 452 g/mol. The van der Waals surface area contributed by atoms with Crippen LogP contribution in [0.25, 0.3) is 0 Å². The van der Waals surface area contributed by atoms with Gasteiger partial charge in [0, 0.05) is 16.2 Å². The third kappa shape index (κ3) is 5.43. The number of rotatable bonds is 8. The van der Waals surface area contributed by atoms with Crippen LogP contribution in [0.1, 0.15) is 17.3 Å². The molecule has 0 atom stereocenters. The minimum absolute atomic E-state index is 0.109. The number of benzene rings is 2. The second-order valence-electron chi connectivity index (χ2n) is 5.34. The fraction of sp³-hybridized carbons (Fsp3) is 0.222. The van der Waals surface area contributed by atoms with Crippen molar-refractivity contribution < 1.29 is 28.7 Å². The maximum absolute atomic E-state index is 12.3. The summed E-state index contributed by atoms with van der Waals surface area (Å²) in [5.41, 5.74) is -0.345. The Morgan fingerprint density at radius 2 is 1.86 bits per heavy atom. The molecule has 0 aliphatic rings. The first-order valence-corrected chi connectivity index (χ1v) is 8.86. The van der Waals surface area contributed by atoms with Crippen molar-refractivity contribution in [2.45, 2.75) is 6.92 Å². The van der Waals surface area contributed by atoms with Gasteiger partial charge in [-0.1, -0.05) is 15.9 Å². The molecule has 0 saturated carbocycles. The van der Waals surface area contributed by atoms with E-state index in [9.17, 15) is 19.7 Å². The number of anilines is 1. The van der Waals surface area contributed by atoms with Crippen molar-refractivity contribution in [3.8, 4) is 11.5 Å². The van der Waals surface area contributed by atoms with E-state index >= 15 is 0 Å². The lowest BCUT2D eigenvalue weighted by atomic mass is 10.1. The standard InChI is InChI=1S/C18H17BrN2O7/c1-3-27-16-8-13(14(21(24)25)9-15(16)26-2)18(23)28-10-17(22)20-12-6-4-11(19)5-7-12/h4-9H,3,10H2,1-2H3,(H,20,22). The Bertz CT molecular complexity index is 884. The zero-order valence-electron chi connectivity index (χ0n) is 15.1. The average molecular weight is 453 g/mol. The molecule has 0 unspecified atom stereocenters. The van der Waals surface area contributed by atoms with Crippen LogP contribution >= 0.6 is 15.9 Å². The number of hydrogen-bond donors (Lipinski definition) is 1. The van der Waals surface area contributed by atoms with Crippen LogP contribution in [-0.2, 0) is 9.53 Å². The summed E-state index contributed by atoms with van der Waals surface area (Å²) in [7, 11) is 1.33. The van der Waals surface area contributed by atoms with Gasteiger partial charge in [-0.05, 0) is 31.2 Å². The minimum atomic E-state index is -1.03. The topological polar surface area (TPSA) is 117 Å². The molecular formula is C18H17BrN2O7. The number of halogens is 1. The van der Waals surface area contributed by atoms with Crippen molar-refractivity contribution in [2.24, 2.45) is 0 Å². The number of nitrogens with zero attached hydrogens (tertiary/aromatic N) is 1. The molecule has 9 nitrogen and oxygen atoms in total. The first kappa shape index (κ1) is 21.2. The molecule has 2 rings (SSSR count). The second kappa shape index (κ2) is 9.70. The van der Waals surface area contributed by atoms with Gasteiger partial charge in [0.15, 0.2) is 18.1 Å². The summed E-state index contributed by atoms with van der Waals surface area (Å²) in [5.74, 6) is -1.35. The fourth-order valence-electron chi connectivity index (χ4n) is 2.23. The summed E-state index contributed by atoms with van der Waals surface area (Å²) in [6.07, 6.45) is 0. The summed E-state index contributed by atoms with van der Waals surface area (Å²) in [6, 6.07) is 9.02. The lowest BCUT2D eigenvalue weighted by Gasteiger charge is -2.12. The first-order chi connectivity index (χ1) is 13.3. The van der Waals surface area contributed by atoms with Gasteiger partial charge in [0.2, 0.25) is 0 Å². The van der Waals surface area contributed by atoms with Crippen molar-refractivity contribution in [1.82, 2.24) is 0 Å². The van der Waals surface area contributed by atoms with Crippen LogP contribution in [0.2, 0.25) is 0 Å². The molecule has 2 aromatic carbocycles. The minimum Gasteiger partial charge on any atom is -0.493 e. The number of methoxy groups -OCH3 is 1. The SMILES string of the molecule is CCOc1cc(C(=O)OCC(=O)Nc2ccc(Br)cc2)c([N+](=O)[O-])cc1OC. The maximum atomic E-state index is 12.3. The van der Waals surface area contributed by atoms with Crippen molar-refractivity contribution in [1.29, 1.82) is 0 Å². The summed E-state index contributed by atoms with van der Waals surface area (Å²) in [4.78, 5) is 34.8. The molecule has 0 fully saturated rings. The van der Waals surface area contributed by atoms with Crippen LogP contribution in [0.15, 0.2) is 40.9 Å². The van der Waals surface area contributed by atoms with Crippen LogP contribution < -0.4 is 14.8 Å². The highest BCUT2D eigenvalue weighted by Gasteiger charge is 2.26. The Labute approximate surface area is 168 Å². The number of esters is 1. The number of ether oxygens (including phenoxy) is 3. The maximum Gasteiger partial charge on any atom is 0.345 e. The lowest BCUT2D eigenvalue weighted by Crippen LogP contribution is -2.21. The molecule has 1 N–H and O–H groups in total. The molecule has 0 saturated heterocycles. The van der Waals surface area contributed by atoms with E-state index < -0.39 is 29.1 Å². The van der Waals surface area contributed by atoms with Crippen LogP contribution in [0, 0.1) is 10.1 Å². The number of nitrogens with one attached hydrogen (secondary N) is 1. The number of carbonyl (C=O) groups excluding carboxylic acids is 2. The first-order valence-electron chi connectivity index (χ1n) is 8.07. The highest BCUT2D eigenvalue weighted by molar-refractivity contribution is 9.10. The Balaban J connectivity index is 2.13. The molecule has 10 heteroatoms. The molecular weight excluding hydrogens is 436 g/mol. The fourth-order valence-corrected chi connectivity index (χ4v) is 2.50. The number of amides is 1. The van der Waals surface area contributed by atoms with E-state index in [0.717, 1.165) is 16.6 Å². The molecule has 0 aliphatic carbocycles. The van der Waals surface area contributed by atoms with Gasteiger partial charge in [-0.15, -0.1) is 0 Å². The highest BCUT2D eigenvalue weighted by atomic mass is 79.9. The molecule has 0 aliphatic heterocycles. The normalized spacial score (nSPS) is 10.1. The molecule has 0 heterocycles. The van der Waals surface area contributed by atoms with Crippen LogP contribution in [0.4, 0.5) is 11.4 Å². The van der Waals surface area contributed by atoms with Crippen LogP contribution in [0.3, 0.4) is 0 Å². The molecule has 148 valence electrons. The Kier molecular flexibility index (Phi) is 7.33. The Morgan fingerprint density at radius 1 is 1.18 bits per heavy atom. The van der Waals surface area contributed by atoms with E-state index in [-0.39, 0.29) is 23.7 Å². The molecule has 0 spiro atoms. The van der Waals surface area contributed by atoms with Gasteiger partial charge in [-0.3, -0.25) is 14.9 Å². The van der Waals surface area contributed by atoms with Crippen molar-refractivity contribution in [3.63, 3.8) is 0 Å². The Morgan fingerprint density at radius 3 is 2.43 bits per heavy atom. The molecule has 28 heavy (non-hydrogen) atoms. The molecule has 0 bridgehead atoms. The molecule has 0 aromatic heterocycles. The number of carbonyl (C=O) groups is 2. The van der Waals surface area contributed by atoms with Crippen molar-refractivity contribution in [2.75, 3.05) is 25.6 Å². The van der Waals surface area contributed by atoms with Gasteiger partial charge in [0.25, 0.3) is 11.6 Å². The molecule has 1 amide bonds. The highest BCUT2D eigenvalue weighted by Crippen LogP contribution is 2.35. The third-order valence-corrected chi connectivity index (χ3v) is 3.99. The zero-order valence-corrected chi connectivity index (χ0v) is 16.6. The lowest BCUT2D eigenvalue weighted by molar-refractivity contribution is -0.385. The number of hydrogen-bond acceptors (Lipinski definition) is 7. The van der Waals surface area contributed by atoms with Gasteiger partial charge in [0.05, 0.1) is 24.7 Å². The molecule has 0 radical (unpaired) electrons. The quantitative estimate of drug-likeness (QED) is 0.369. The van der Waals surface area contributed by atoms with E-state index in [1.54, 1.807) is 31.2 Å². The summed E-state index contributed by atoms with van der Waals surface area (Å²) in [6.45, 7) is 1.37. The van der Waals surface area contributed by atoms with Gasteiger partial charge in [0.1, 0.15) is 5.56 Å². The Hall–Kier alpha value is -3.14. The van der Waals surface area contributed by atoms with E-state index in [1.165, 1.54) is 7.11 Å². The van der Waals surface area contributed by atoms with E-state index in [2.05, 4.69) is 21.2 Å². The number of nitro groups is 1. The van der Waals surface area contributed by atoms with Gasteiger partial charge in [-0.2, -0.15) is 0 Å². The largest absolute Gasteiger partial charge is 0.493 e. The zero-order chi connectivity index (χ0) is 20.7. The smallest absolute Gasteiger partial charge is 0.345 e. The van der Waals surface area contributed by atoms with Gasteiger partial charge < -0.3 is 19.5 Å². The van der Waals surface area contributed by atoms with E-state index in [4.69, 9.17) is 14.2 Å². The van der Waals surface area contributed by atoms with E-state index in [1.807, 2.05) is 0 Å². The summed E-state index contributed by atoms with van der Waals surface area (Å²) in [5, 5.41) is 13.8. The predicted octanol–water partition coefficient (Wildman–Crippen LogP) is 3.56. The van der Waals surface area contributed by atoms with Gasteiger partial charge >= 0.3 is 5.97 Å². The summed E-state index contributed by atoms with van der Waals surface area (Å²) < 4.78 is 16.1. The average Bonchev–Trinajstić information content (AvgIpc) is 2.67. The molecule has 2 aromatic rings. The second-order valence-corrected chi connectivity index (χ2v) is 6.26. The van der Waals surface area contributed by atoms with Crippen molar-refractivity contribution in [3.05, 3.63) is 56.5 Å². The van der Waals surface area contributed by atoms with Crippen molar-refractivity contribution >= 4 is 39.2 Å². The predicted molar refractivity (Wildman–Crippen MR) is 104 cm³/mol. The van der Waals surface area contributed by atoms with Crippen LogP contribution in [-0.4, -0.2) is 37.1 Å². The van der Waals surface area contributed by atoms with Crippen LogP contribution in [0.5, 0.6) is 11.5 Å². The third-order valence-electron chi connectivity index (χ3n) is 3.46. The summed E-state index contributed by atoms with van der Waals surface area (Å²) >= 11 is 3.28. The number of nitro benzene ring substituents is 1. The van der Waals surface area contributed by atoms with Gasteiger partial charge in [-0.25, -0.2) is 4.79 Å².